The molecular weight excluding hydrogens is 428 g/mol. The maximum Gasteiger partial charge on any atom is 0.267 e. The second-order valence-electron chi connectivity index (χ2n) is 7.50. The van der Waals surface area contributed by atoms with Crippen LogP contribution in [-0.2, 0) is 21.4 Å². The van der Waals surface area contributed by atoms with Crippen molar-refractivity contribution in [3.63, 3.8) is 0 Å². The summed E-state index contributed by atoms with van der Waals surface area (Å²) in [5.41, 5.74) is 3.82. The molecule has 1 N–H and O–H groups in total. The third-order valence-corrected chi connectivity index (χ3v) is 6.84. The van der Waals surface area contributed by atoms with E-state index in [4.69, 9.17) is 4.63 Å². The lowest BCUT2D eigenvalue weighted by molar-refractivity contribution is -0.119. The molecule has 8 nitrogen and oxygen atoms in total. The highest BCUT2D eigenvalue weighted by molar-refractivity contribution is 7.93. The molecule has 1 aromatic heterocycles. The molecule has 0 aliphatic heterocycles. The van der Waals surface area contributed by atoms with Crippen molar-refractivity contribution in [2.45, 2.75) is 25.3 Å². The Labute approximate surface area is 185 Å². The van der Waals surface area contributed by atoms with Crippen molar-refractivity contribution in [1.29, 1.82) is 0 Å². The van der Waals surface area contributed by atoms with Crippen LogP contribution in [0.25, 0.3) is 11.0 Å². The number of fused-ring (bicyclic) bond motifs is 1. The molecule has 0 radical (unpaired) electrons. The molecule has 164 valence electrons. The Hall–Kier alpha value is -3.72. The minimum absolute atomic E-state index is 0.0804. The van der Waals surface area contributed by atoms with Crippen LogP contribution in [0.15, 0.2) is 76.3 Å². The predicted octanol–water partition coefficient (Wildman–Crippen LogP) is 3.35. The van der Waals surface area contributed by atoms with Crippen molar-refractivity contribution in [3.8, 4) is 0 Å². The van der Waals surface area contributed by atoms with Crippen molar-refractivity contribution in [2.24, 2.45) is 0 Å². The van der Waals surface area contributed by atoms with Crippen LogP contribution >= 0.6 is 0 Å². The second kappa shape index (κ2) is 8.80. The van der Waals surface area contributed by atoms with Crippen molar-refractivity contribution in [3.05, 3.63) is 83.4 Å². The van der Waals surface area contributed by atoms with E-state index in [0.29, 0.717) is 17.7 Å². The second-order valence-corrected chi connectivity index (χ2v) is 9.33. The monoisotopic (exact) mass is 450 g/mol. The van der Waals surface area contributed by atoms with E-state index in [2.05, 4.69) is 15.6 Å². The fraction of sp³-hybridized carbons (Fsp3) is 0.174. The maximum absolute atomic E-state index is 13.6. The molecule has 3 aromatic carbocycles. The van der Waals surface area contributed by atoms with Crippen LogP contribution in [0.2, 0.25) is 0 Å². The third kappa shape index (κ3) is 4.47. The molecule has 4 rings (SSSR count). The van der Waals surface area contributed by atoms with Gasteiger partial charge in [-0.1, -0.05) is 53.6 Å². The molecule has 32 heavy (non-hydrogen) atoms. The van der Waals surface area contributed by atoms with Gasteiger partial charge in [-0.3, -0.25) is 9.10 Å². The Balaban J connectivity index is 1.64. The Morgan fingerprint density at radius 2 is 1.59 bits per heavy atom. The molecular formula is C23H22N4O4S. The zero-order valence-corrected chi connectivity index (χ0v) is 18.5. The van der Waals surface area contributed by atoms with Gasteiger partial charge in [0.25, 0.3) is 10.0 Å². The normalized spacial score (nSPS) is 11.4. The van der Waals surface area contributed by atoms with Crippen LogP contribution in [0.4, 0.5) is 5.69 Å². The number of aryl methyl sites for hydroxylation is 2. The van der Waals surface area contributed by atoms with Gasteiger partial charge in [-0.25, -0.2) is 13.0 Å². The Morgan fingerprint density at radius 1 is 0.938 bits per heavy atom. The summed E-state index contributed by atoms with van der Waals surface area (Å²) in [5.74, 6) is -0.430. The van der Waals surface area contributed by atoms with Gasteiger partial charge < -0.3 is 5.32 Å². The van der Waals surface area contributed by atoms with E-state index >= 15 is 0 Å². The number of benzene rings is 3. The molecule has 4 aromatic rings. The molecule has 0 aliphatic rings. The van der Waals surface area contributed by atoms with Crippen LogP contribution in [0, 0.1) is 13.8 Å². The fourth-order valence-corrected chi connectivity index (χ4v) is 4.79. The molecule has 0 unspecified atom stereocenters. The van der Waals surface area contributed by atoms with Crippen molar-refractivity contribution >= 4 is 32.7 Å². The van der Waals surface area contributed by atoms with E-state index in [0.717, 1.165) is 21.0 Å². The lowest BCUT2D eigenvalue weighted by Crippen LogP contribution is -2.40. The Kier molecular flexibility index (Phi) is 5.91. The number of hydrogen-bond acceptors (Lipinski definition) is 6. The topological polar surface area (TPSA) is 105 Å². The van der Waals surface area contributed by atoms with Gasteiger partial charge in [-0.15, -0.1) is 0 Å². The molecule has 0 aliphatic carbocycles. The van der Waals surface area contributed by atoms with Crippen molar-refractivity contribution in [2.75, 3.05) is 10.8 Å². The maximum atomic E-state index is 13.6. The highest BCUT2D eigenvalue weighted by atomic mass is 32.2. The summed E-state index contributed by atoms with van der Waals surface area (Å²) in [6.07, 6.45) is 0. The number of aromatic nitrogens is 2. The molecule has 0 atom stereocenters. The first-order valence-corrected chi connectivity index (χ1v) is 11.4. The van der Waals surface area contributed by atoms with Gasteiger partial charge in [0.1, 0.15) is 17.0 Å². The first-order chi connectivity index (χ1) is 15.3. The van der Waals surface area contributed by atoms with E-state index in [-0.39, 0.29) is 17.0 Å². The standard InChI is InChI=1S/C23H22N4O4S/c1-16-6-10-18(11-7-16)14-24-22(28)15-27(19-12-8-17(2)9-13-19)32(29,30)21-5-3-4-20-23(21)26-31-25-20/h3-13H,14-15H2,1-2H3,(H,24,28). The summed E-state index contributed by atoms with van der Waals surface area (Å²) in [5, 5.41) is 10.3. The highest BCUT2D eigenvalue weighted by Crippen LogP contribution is 2.27. The van der Waals surface area contributed by atoms with Crippen LogP contribution in [0.1, 0.15) is 16.7 Å². The van der Waals surface area contributed by atoms with Crippen molar-refractivity contribution in [1.82, 2.24) is 15.6 Å². The fourth-order valence-electron chi connectivity index (χ4n) is 3.23. The number of nitrogens with one attached hydrogen (secondary N) is 1. The lowest BCUT2D eigenvalue weighted by atomic mass is 10.1. The zero-order valence-electron chi connectivity index (χ0n) is 17.6. The Bertz CT molecular complexity index is 1350. The van der Waals surface area contributed by atoms with Crippen LogP contribution < -0.4 is 9.62 Å². The average Bonchev–Trinajstić information content (AvgIpc) is 3.26. The summed E-state index contributed by atoms with van der Waals surface area (Å²) < 4.78 is 33.0. The highest BCUT2D eigenvalue weighted by Gasteiger charge is 2.30. The van der Waals surface area contributed by atoms with Gasteiger partial charge in [0.05, 0.1) is 5.69 Å². The molecule has 0 saturated carbocycles. The summed E-state index contributed by atoms with van der Waals surface area (Å²) >= 11 is 0. The molecule has 0 saturated heterocycles. The average molecular weight is 451 g/mol. The molecule has 0 fully saturated rings. The van der Waals surface area contributed by atoms with Gasteiger partial charge >= 0.3 is 0 Å². The number of anilines is 1. The van der Waals surface area contributed by atoms with Crippen LogP contribution in [0.5, 0.6) is 0 Å². The van der Waals surface area contributed by atoms with Crippen LogP contribution in [-0.4, -0.2) is 31.2 Å². The lowest BCUT2D eigenvalue weighted by Gasteiger charge is -2.24. The summed E-state index contributed by atoms with van der Waals surface area (Å²) in [4.78, 5) is 12.7. The van der Waals surface area contributed by atoms with Crippen molar-refractivity contribution < 1.29 is 17.8 Å². The van der Waals surface area contributed by atoms with E-state index in [9.17, 15) is 13.2 Å². The minimum atomic E-state index is -4.14. The number of hydrogen-bond donors (Lipinski definition) is 1. The number of carbonyl (C=O) groups excluding carboxylic acids is 1. The van der Waals surface area contributed by atoms with E-state index in [1.54, 1.807) is 36.4 Å². The molecule has 1 heterocycles. The molecule has 1 amide bonds. The summed E-state index contributed by atoms with van der Waals surface area (Å²) in [7, 11) is -4.14. The number of carbonyl (C=O) groups is 1. The number of nitrogens with zero attached hydrogens (tertiary/aromatic N) is 3. The Morgan fingerprint density at radius 3 is 2.28 bits per heavy atom. The molecule has 0 bridgehead atoms. The quantitative estimate of drug-likeness (QED) is 0.463. The first-order valence-electron chi connectivity index (χ1n) is 9.97. The smallest absolute Gasteiger partial charge is 0.267 e. The van der Waals surface area contributed by atoms with Gasteiger partial charge in [-0.05, 0) is 54.0 Å². The van der Waals surface area contributed by atoms with Gasteiger partial charge in [0.15, 0.2) is 5.52 Å². The number of amides is 1. The van der Waals surface area contributed by atoms with Gasteiger partial charge in [0.2, 0.25) is 5.91 Å². The largest absolute Gasteiger partial charge is 0.350 e. The summed E-state index contributed by atoms with van der Waals surface area (Å²) in [6.45, 7) is 3.79. The summed E-state index contributed by atoms with van der Waals surface area (Å²) in [6, 6.07) is 19.3. The first kappa shape index (κ1) is 21.5. The molecule has 9 heteroatoms. The van der Waals surface area contributed by atoms with E-state index in [1.807, 2.05) is 38.1 Å². The third-order valence-electron chi connectivity index (χ3n) is 5.04. The van der Waals surface area contributed by atoms with E-state index in [1.165, 1.54) is 6.07 Å². The minimum Gasteiger partial charge on any atom is -0.350 e. The number of rotatable bonds is 7. The predicted molar refractivity (Wildman–Crippen MR) is 121 cm³/mol. The van der Waals surface area contributed by atoms with Gasteiger partial charge in [0, 0.05) is 6.54 Å². The SMILES string of the molecule is Cc1ccc(CNC(=O)CN(c2ccc(C)cc2)S(=O)(=O)c2cccc3nonc23)cc1. The molecule has 0 spiro atoms. The van der Waals surface area contributed by atoms with Gasteiger partial charge in [-0.2, -0.15) is 0 Å². The zero-order chi connectivity index (χ0) is 22.7. The van der Waals surface area contributed by atoms with E-state index < -0.39 is 15.9 Å². The number of sulfonamides is 1. The van der Waals surface area contributed by atoms with Crippen LogP contribution in [0.3, 0.4) is 0 Å².